The summed E-state index contributed by atoms with van der Waals surface area (Å²) in [6.45, 7) is 2.12. The van der Waals surface area contributed by atoms with E-state index in [2.05, 4.69) is 146 Å². The zero-order valence-corrected chi connectivity index (χ0v) is 23.9. The van der Waals surface area contributed by atoms with Crippen molar-refractivity contribution in [2.24, 2.45) is 0 Å². The summed E-state index contributed by atoms with van der Waals surface area (Å²) in [5.74, 6) is 1.97. The molecule has 0 amide bonds. The Hall–Kier alpha value is -5.67. The molecule has 7 rings (SSSR count). The van der Waals surface area contributed by atoms with Gasteiger partial charge in [-0.25, -0.2) is 15.0 Å². The highest BCUT2D eigenvalue weighted by Crippen LogP contribution is 2.31. The van der Waals surface area contributed by atoms with Gasteiger partial charge in [-0.05, 0) is 45.9 Å². The molecule has 0 aliphatic carbocycles. The minimum absolute atomic E-state index is 0.651. The number of aryl methyl sites for hydroxylation is 1. The van der Waals surface area contributed by atoms with Crippen LogP contribution in [0.2, 0.25) is 0 Å². The first-order valence-electron chi connectivity index (χ1n) is 14.5. The summed E-state index contributed by atoms with van der Waals surface area (Å²) in [6, 6.07) is 54.6. The Kier molecular flexibility index (Phi) is 7.12. The zero-order chi connectivity index (χ0) is 29.0. The third kappa shape index (κ3) is 5.61. The van der Waals surface area contributed by atoms with Gasteiger partial charge in [-0.2, -0.15) is 0 Å². The third-order valence-electron chi connectivity index (χ3n) is 7.71. The first kappa shape index (κ1) is 26.2. The average Bonchev–Trinajstić information content (AvgIpc) is 3.09. The van der Waals surface area contributed by atoms with Gasteiger partial charge in [0.15, 0.2) is 17.5 Å². The highest BCUT2D eigenvalue weighted by molar-refractivity contribution is 5.75. The van der Waals surface area contributed by atoms with Gasteiger partial charge in [0.05, 0.1) is 0 Å². The molecule has 43 heavy (non-hydrogen) atoms. The minimum Gasteiger partial charge on any atom is -0.208 e. The summed E-state index contributed by atoms with van der Waals surface area (Å²) >= 11 is 0. The van der Waals surface area contributed by atoms with Crippen LogP contribution >= 0.6 is 0 Å². The predicted molar refractivity (Wildman–Crippen MR) is 177 cm³/mol. The van der Waals surface area contributed by atoms with E-state index in [0.29, 0.717) is 17.5 Å². The molecule has 3 heteroatoms. The van der Waals surface area contributed by atoms with Gasteiger partial charge >= 0.3 is 0 Å². The fourth-order valence-corrected chi connectivity index (χ4v) is 5.36. The van der Waals surface area contributed by atoms with Crippen molar-refractivity contribution >= 4 is 0 Å². The molecule has 0 saturated carbocycles. The SMILES string of the molecule is Cc1cc(-c2ccccc2)ccc1-c1nc(-c2ccc(-c3ccccc3)cc2)nc(-c2ccc(-c3ccccc3)cc2)n1. The Morgan fingerprint density at radius 2 is 0.628 bits per heavy atom. The Balaban J connectivity index is 1.31. The van der Waals surface area contributed by atoms with Crippen molar-refractivity contribution in [3.63, 3.8) is 0 Å². The fourth-order valence-electron chi connectivity index (χ4n) is 5.36. The zero-order valence-electron chi connectivity index (χ0n) is 23.9. The molecule has 1 aromatic heterocycles. The molecule has 0 fully saturated rings. The Bertz CT molecular complexity index is 1880. The van der Waals surface area contributed by atoms with Crippen LogP contribution in [0.1, 0.15) is 5.56 Å². The molecule has 0 N–H and O–H groups in total. The van der Waals surface area contributed by atoms with E-state index in [1.807, 2.05) is 18.2 Å². The van der Waals surface area contributed by atoms with E-state index in [4.69, 9.17) is 15.0 Å². The van der Waals surface area contributed by atoms with Crippen molar-refractivity contribution in [2.75, 3.05) is 0 Å². The van der Waals surface area contributed by atoms with Crippen LogP contribution in [0.15, 0.2) is 158 Å². The molecule has 3 nitrogen and oxygen atoms in total. The van der Waals surface area contributed by atoms with Crippen LogP contribution in [-0.4, -0.2) is 15.0 Å². The molecule has 0 spiro atoms. The first-order chi connectivity index (χ1) is 21.2. The van der Waals surface area contributed by atoms with Gasteiger partial charge in [0.1, 0.15) is 0 Å². The lowest BCUT2D eigenvalue weighted by molar-refractivity contribution is 1.07. The van der Waals surface area contributed by atoms with Gasteiger partial charge in [0, 0.05) is 16.7 Å². The molecule has 0 radical (unpaired) electrons. The maximum atomic E-state index is 5.01. The average molecular weight is 552 g/mol. The number of rotatable bonds is 6. The summed E-state index contributed by atoms with van der Waals surface area (Å²) < 4.78 is 0. The van der Waals surface area contributed by atoms with E-state index in [-0.39, 0.29) is 0 Å². The monoisotopic (exact) mass is 551 g/mol. The van der Waals surface area contributed by atoms with Crippen molar-refractivity contribution in [1.82, 2.24) is 15.0 Å². The van der Waals surface area contributed by atoms with Crippen LogP contribution in [0.25, 0.3) is 67.5 Å². The molecule has 0 aliphatic heterocycles. The predicted octanol–water partition coefficient (Wildman–Crippen LogP) is 10.2. The van der Waals surface area contributed by atoms with Crippen LogP contribution in [0.3, 0.4) is 0 Å². The van der Waals surface area contributed by atoms with Crippen molar-refractivity contribution in [3.8, 4) is 67.5 Å². The highest BCUT2D eigenvalue weighted by atomic mass is 15.0. The largest absolute Gasteiger partial charge is 0.208 e. The molecule has 1 heterocycles. The Morgan fingerprint density at radius 3 is 1.05 bits per heavy atom. The lowest BCUT2D eigenvalue weighted by Gasteiger charge is -2.12. The maximum absolute atomic E-state index is 5.01. The maximum Gasteiger partial charge on any atom is 0.164 e. The van der Waals surface area contributed by atoms with Crippen LogP contribution in [0.4, 0.5) is 0 Å². The topological polar surface area (TPSA) is 38.7 Å². The second kappa shape index (κ2) is 11.7. The second-order valence-corrected chi connectivity index (χ2v) is 10.6. The van der Waals surface area contributed by atoms with E-state index in [9.17, 15) is 0 Å². The molecular weight excluding hydrogens is 522 g/mol. The van der Waals surface area contributed by atoms with Crippen LogP contribution in [0, 0.1) is 6.92 Å². The highest BCUT2D eigenvalue weighted by Gasteiger charge is 2.15. The first-order valence-corrected chi connectivity index (χ1v) is 14.5. The van der Waals surface area contributed by atoms with E-state index >= 15 is 0 Å². The molecule has 204 valence electrons. The molecular formula is C40H29N3. The van der Waals surface area contributed by atoms with Gasteiger partial charge < -0.3 is 0 Å². The fraction of sp³-hybridized carbons (Fsp3) is 0.0250. The molecule has 6 aromatic carbocycles. The van der Waals surface area contributed by atoms with Gasteiger partial charge in [-0.1, -0.05) is 158 Å². The van der Waals surface area contributed by atoms with E-state index in [0.717, 1.165) is 33.4 Å². The van der Waals surface area contributed by atoms with E-state index < -0.39 is 0 Å². The molecule has 0 saturated heterocycles. The number of nitrogens with zero attached hydrogens (tertiary/aromatic N) is 3. The van der Waals surface area contributed by atoms with Crippen LogP contribution < -0.4 is 0 Å². The molecule has 0 bridgehead atoms. The van der Waals surface area contributed by atoms with Crippen molar-refractivity contribution < 1.29 is 0 Å². The molecule has 0 unspecified atom stereocenters. The summed E-state index contributed by atoms with van der Waals surface area (Å²) in [4.78, 5) is 15.0. The summed E-state index contributed by atoms with van der Waals surface area (Å²) in [7, 11) is 0. The third-order valence-corrected chi connectivity index (χ3v) is 7.71. The minimum atomic E-state index is 0.651. The summed E-state index contributed by atoms with van der Waals surface area (Å²) in [5.41, 5.74) is 11.0. The van der Waals surface area contributed by atoms with Gasteiger partial charge in [-0.15, -0.1) is 0 Å². The lowest BCUT2D eigenvalue weighted by atomic mass is 9.99. The van der Waals surface area contributed by atoms with Gasteiger partial charge in [-0.3, -0.25) is 0 Å². The van der Waals surface area contributed by atoms with E-state index in [1.165, 1.54) is 22.3 Å². The number of hydrogen-bond donors (Lipinski definition) is 0. The second-order valence-electron chi connectivity index (χ2n) is 10.6. The Labute approximate surface area is 252 Å². The standard InChI is InChI=1S/C40H29N3/c1-28-27-36(31-15-9-4-10-16-31)25-26-37(28)40-42-38(34-21-17-32(18-22-34)29-11-5-2-6-12-29)41-39(43-40)35-23-19-33(20-24-35)30-13-7-3-8-14-30/h2-27H,1H3. The Morgan fingerprint density at radius 1 is 0.302 bits per heavy atom. The van der Waals surface area contributed by atoms with Crippen molar-refractivity contribution in [2.45, 2.75) is 6.92 Å². The van der Waals surface area contributed by atoms with E-state index in [1.54, 1.807) is 0 Å². The van der Waals surface area contributed by atoms with Gasteiger partial charge in [0.2, 0.25) is 0 Å². The molecule has 7 aromatic rings. The summed E-state index contributed by atoms with van der Waals surface area (Å²) in [6.07, 6.45) is 0. The van der Waals surface area contributed by atoms with Gasteiger partial charge in [0.25, 0.3) is 0 Å². The van der Waals surface area contributed by atoms with Crippen LogP contribution in [-0.2, 0) is 0 Å². The number of benzene rings is 6. The molecule has 0 aliphatic rings. The van der Waals surface area contributed by atoms with Crippen molar-refractivity contribution in [3.05, 3.63) is 163 Å². The smallest absolute Gasteiger partial charge is 0.164 e. The lowest BCUT2D eigenvalue weighted by Crippen LogP contribution is -2.01. The van der Waals surface area contributed by atoms with Crippen LogP contribution in [0.5, 0.6) is 0 Å². The molecule has 0 atom stereocenters. The normalized spacial score (nSPS) is 10.9. The quantitative estimate of drug-likeness (QED) is 0.206. The number of hydrogen-bond acceptors (Lipinski definition) is 3. The van der Waals surface area contributed by atoms with Crippen molar-refractivity contribution in [1.29, 1.82) is 0 Å². The number of aromatic nitrogens is 3. The summed E-state index contributed by atoms with van der Waals surface area (Å²) in [5, 5.41) is 0.